The van der Waals surface area contributed by atoms with E-state index >= 15 is 0 Å². The summed E-state index contributed by atoms with van der Waals surface area (Å²) in [5.41, 5.74) is 3.83. The van der Waals surface area contributed by atoms with Crippen LogP contribution >= 0.6 is 11.8 Å². The molecule has 0 saturated carbocycles. The number of esters is 1. The van der Waals surface area contributed by atoms with Crippen molar-refractivity contribution in [2.45, 2.75) is 45.9 Å². The van der Waals surface area contributed by atoms with E-state index in [9.17, 15) is 9.59 Å². The van der Waals surface area contributed by atoms with Gasteiger partial charge in [0, 0.05) is 19.3 Å². The molecule has 7 nitrogen and oxygen atoms in total. The number of amidine groups is 1. The molecule has 0 bridgehead atoms. The Bertz CT molecular complexity index is 1220. The maximum absolute atomic E-state index is 13.3. The predicted octanol–water partition coefficient (Wildman–Crippen LogP) is 5.27. The van der Waals surface area contributed by atoms with Gasteiger partial charge in [-0.15, -0.1) is 0 Å². The summed E-state index contributed by atoms with van der Waals surface area (Å²) < 4.78 is 10.9. The van der Waals surface area contributed by atoms with Gasteiger partial charge in [0.1, 0.15) is 5.75 Å². The number of carbonyl (C=O) groups is 2. The fraction of sp³-hybridized carbons (Fsp3) is 0.321. The molecular formula is C28H31N3O4S. The van der Waals surface area contributed by atoms with Crippen molar-refractivity contribution in [1.29, 1.82) is 0 Å². The highest BCUT2D eigenvalue weighted by Crippen LogP contribution is 2.45. The van der Waals surface area contributed by atoms with E-state index in [0.29, 0.717) is 17.8 Å². The molecule has 0 fully saturated rings. The number of hydrogen-bond donors (Lipinski definition) is 0. The summed E-state index contributed by atoms with van der Waals surface area (Å²) >= 11 is 1.46. The highest BCUT2D eigenvalue weighted by molar-refractivity contribution is 8.16. The Morgan fingerprint density at radius 1 is 1.11 bits per heavy atom. The van der Waals surface area contributed by atoms with Gasteiger partial charge in [0.2, 0.25) is 5.91 Å². The number of fused-ring (bicyclic) bond motifs is 1. The van der Waals surface area contributed by atoms with Crippen LogP contribution in [0.1, 0.15) is 44.4 Å². The summed E-state index contributed by atoms with van der Waals surface area (Å²) in [6, 6.07) is 17.0. The highest BCUT2D eigenvalue weighted by Gasteiger charge is 2.41. The smallest absolute Gasteiger partial charge is 0.338 e. The maximum Gasteiger partial charge on any atom is 0.338 e. The van der Waals surface area contributed by atoms with Crippen LogP contribution in [0.25, 0.3) is 0 Å². The topological polar surface area (TPSA) is 71.4 Å². The second-order valence-corrected chi connectivity index (χ2v) is 9.87. The molecule has 2 aromatic carbocycles. The molecule has 0 aromatic heterocycles. The van der Waals surface area contributed by atoms with Crippen LogP contribution in [0.5, 0.6) is 5.75 Å². The lowest BCUT2D eigenvalue weighted by Gasteiger charge is -2.36. The normalized spacial score (nSPS) is 16.9. The lowest BCUT2D eigenvalue weighted by atomic mass is 9.93. The molecule has 2 heterocycles. The Labute approximate surface area is 216 Å². The molecule has 8 heteroatoms. The third-order valence-corrected chi connectivity index (χ3v) is 6.90. The summed E-state index contributed by atoms with van der Waals surface area (Å²) in [7, 11) is 3.42. The Morgan fingerprint density at radius 3 is 2.44 bits per heavy atom. The predicted molar refractivity (Wildman–Crippen MR) is 142 cm³/mol. The number of amides is 1. The first-order chi connectivity index (χ1) is 17.3. The van der Waals surface area contributed by atoms with Crippen molar-refractivity contribution >= 4 is 28.8 Å². The Morgan fingerprint density at radius 2 is 1.81 bits per heavy atom. The number of rotatable bonds is 8. The van der Waals surface area contributed by atoms with Crippen LogP contribution in [0.15, 0.2) is 82.0 Å². The second kappa shape index (κ2) is 11.0. The minimum Gasteiger partial charge on any atom is -0.497 e. The third kappa shape index (κ3) is 5.49. The first kappa shape index (κ1) is 25.6. The molecule has 0 radical (unpaired) electrons. The number of hydrogen-bond acceptors (Lipinski definition) is 7. The van der Waals surface area contributed by atoms with E-state index in [2.05, 4.69) is 0 Å². The molecule has 188 valence electrons. The molecule has 0 unspecified atom stereocenters. The quantitative estimate of drug-likeness (QED) is 0.455. The van der Waals surface area contributed by atoms with Crippen molar-refractivity contribution in [1.82, 2.24) is 9.80 Å². The van der Waals surface area contributed by atoms with E-state index in [1.54, 1.807) is 19.1 Å². The van der Waals surface area contributed by atoms with E-state index in [0.717, 1.165) is 27.7 Å². The van der Waals surface area contributed by atoms with Gasteiger partial charge in [-0.3, -0.25) is 4.79 Å². The van der Waals surface area contributed by atoms with Crippen LogP contribution in [0, 0.1) is 0 Å². The average Bonchev–Trinajstić information content (AvgIpc) is 3.25. The highest BCUT2D eigenvalue weighted by atomic mass is 32.2. The molecule has 0 N–H and O–H groups in total. The number of aliphatic imine (C=N–C) groups is 1. The van der Waals surface area contributed by atoms with Gasteiger partial charge in [0.25, 0.3) is 0 Å². The number of allylic oxidation sites excluding steroid dienone is 1. The minimum atomic E-state index is -0.469. The molecule has 2 aliphatic heterocycles. The zero-order valence-electron chi connectivity index (χ0n) is 21.2. The van der Waals surface area contributed by atoms with Crippen molar-refractivity contribution in [3.05, 3.63) is 88.1 Å². The van der Waals surface area contributed by atoms with E-state index in [1.807, 2.05) is 85.7 Å². The first-order valence-corrected chi connectivity index (χ1v) is 12.7. The number of benzene rings is 2. The van der Waals surface area contributed by atoms with Crippen molar-refractivity contribution in [2.75, 3.05) is 14.2 Å². The fourth-order valence-corrected chi connectivity index (χ4v) is 5.21. The summed E-state index contributed by atoms with van der Waals surface area (Å²) in [6.45, 7) is 6.00. The van der Waals surface area contributed by atoms with Crippen molar-refractivity contribution in [3.63, 3.8) is 0 Å². The molecule has 0 aliphatic carbocycles. The van der Waals surface area contributed by atoms with Gasteiger partial charge in [-0.05, 0) is 49.4 Å². The zero-order chi connectivity index (χ0) is 25.8. The van der Waals surface area contributed by atoms with Crippen LogP contribution in [0.4, 0.5) is 0 Å². The number of methoxy groups -OCH3 is 1. The lowest BCUT2D eigenvalue weighted by Crippen LogP contribution is -2.38. The Kier molecular flexibility index (Phi) is 7.84. The van der Waals surface area contributed by atoms with Gasteiger partial charge < -0.3 is 19.3 Å². The van der Waals surface area contributed by atoms with Gasteiger partial charge >= 0.3 is 5.97 Å². The Balaban J connectivity index is 1.64. The summed E-state index contributed by atoms with van der Waals surface area (Å²) in [4.78, 5) is 34.9. The van der Waals surface area contributed by atoms with E-state index < -0.39 is 12.0 Å². The van der Waals surface area contributed by atoms with Gasteiger partial charge in [0.15, 0.2) is 5.17 Å². The molecule has 1 atom stereocenters. The van der Waals surface area contributed by atoms with Crippen molar-refractivity contribution < 1.29 is 19.1 Å². The third-order valence-electron chi connectivity index (χ3n) is 6.02. The Hall–Kier alpha value is -3.52. The lowest BCUT2D eigenvalue weighted by molar-refractivity contribution is -0.143. The van der Waals surface area contributed by atoms with E-state index in [-0.39, 0.29) is 18.4 Å². The van der Waals surface area contributed by atoms with Crippen LogP contribution in [0.3, 0.4) is 0 Å². The van der Waals surface area contributed by atoms with Gasteiger partial charge in [-0.1, -0.05) is 54.2 Å². The number of thioether (sulfide) groups is 1. The second-order valence-electron chi connectivity index (χ2n) is 9.03. The summed E-state index contributed by atoms with van der Waals surface area (Å²) in [5.74, 6) is 0.299. The molecular weight excluding hydrogens is 474 g/mol. The number of ether oxygens (including phenoxy) is 2. The standard InChI is InChI=1S/C28H31N3O4S/c1-18(2)35-27(33)25-19(3)29-28-31(26(25)21-11-13-23(34-5)14-12-21)22(17-36-28)15-24(32)30(4)16-20-9-7-6-8-10-20/h6-14,17-18,26H,15-16H2,1-5H3/t26-/m0/s1. The van der Waals surface area contributed by atoms with Gasteiger partial charge in [0.05, 0.1) is 36.9 Å². The zero-order valence-corrected chi connectivity index (χ0v) is 22.0. The van der Waals surface area contributed by atoms with Gasteiger partial charge in [-0.2, -0.15) is 0 Å². The van der Waals surface area contributed by atoms with Crippen molar-refractivity contribution in [3.8, 4) is 5.75 Å². The molecule has 0 saturated heterocycles. The maximum atomic E-state index is 13.3. The molecule has 2 aliphatic rings. The van der Waals surface area contributed by atoms with E-state index in [1.165, 1.54) is 11.8 Å². The average molecular weight is 506 g/mol. The SMILES string of the molecule is COc1ccc([C@H]2C(C(=O)OC(C)C)=C(C)N=C3SC=C(CC(=O)N(C)Cc4ccccc4)N32)cc1. The largest absolute Gasteiger partial charge is 0.497 e. The molecule has 1 amide bonds. The molecule has 2 aromatic rings. The molecule has 36 heavy (non-hydrogen) atoms. The van der Waals surface area contributed by atoms with Gasteiger partial charge in [-0.25, -0.2) is 9.79 Å². The molecule has 4 rings (SSSR count). The molecule has 0 spiro atoms. The van der Waals surface area contributed by atoms with Crippen LogP contribution in [-0.4, -0.2) is 47.1 Å². The van der Waals surface area contributed by atoms with E-state index in [4.69, 9.17) is 14.5 Å². The number of carbonyl (C=O) groups excluding carboxylic acids is 2. The number of nitrogens with zero attached hydrogens (tertiary/aromatic N) is 3. The minimum absolute atomic E-state index is 0.0157. The summed E-state index contributed by atoms with van der Waals surface area (Å²) in [5, 5.41) is 2.69. The van der Waals surface area contributed by atoms with Crippen LogP contribution in [-0.2, 0) is 20.9 Å². The first-order valence-electron chi connectivity index (χ1n) is 11.9. The van der Waals surface area contributed by atoms with Crippen molar-refractivity contribution in [2.24, 2.45) is 4.99 Å². The fourth-order valence-electron chi connectivity index (χ4n) is 4.25. The van der Waals surface area contributed by atoms with Crippen LogP contribution in [0.2, 0.25) is 0 Å². The summed E-state index contributed by atoms with van der Waals surface area (Å²) in [6.07, 6.45) is -0.0797. The van der Waals surface area contributed by atoms with Crippen LogP contribution < -0.4 is 4.74 Å². The monoisotopic (exact) mass is 505 g/mol.